The molecule has 0 fully saturated rings. The van der Waals surface area contributed by atoms with Crippen molar-refractivity contribution in [2.45, 2.75) is 23.6 Å². The van der Waals surface area contributed by atoms with E-state index in [4.69, 9.17) is 0 Å². The van der Waals surface area contributed by atoms with Crippen LogP contribution in [0.2, 0.25) is 0 Å². The summed E-state index contributed by atoms with van der Waals surface area (Å²) in [6.07, 6.45) is 1.71. The SMILES string of the molecule is C=CCN(Cc1ccccc1)C(=O)C(C)Sc1ccc([N+](=O)[O-])cc1. The van der Waals surface area contributed by atoms with E-state index in [0.717, 1.165) is 10.5 Å². The van der Waals surface area contributed by atoms with Crippen molar-refractivity contribution in [3.05, 3.63) is 82.9 Å². The van der Waals surface area contributed by atoms with Crippen LogP contribution in [0.15, 0.2) is 72.1 Å². The van der Waals surface area contributed by atoms with Gasteiger partial charge in [0, 0.05) is 30.1 Å². The molecule has 0 radical (unpaired) electrons. The lowest BCUT2D eigenvalue weighted by Gasteiger charge is -2.24. The third kappa shape index (κ3) is 5.46. The highest BCUT2D eigenvalue weighted by Gasteiger charge is 2.21. The van der Waals surface area contributed by atoms with Gasteiger partial charge >= 0.3 is 0 Å². The van der Waals surface area contributed by atoms with Gasteiger partial charge in [0.1, 0.15) is 0 Å². The Hall–Kier alpha value is -2.60. The second-order valence-corrected chi connectivity index (χ2v) is 6.92. The summed E-state index contributed by atoms with van der Waals surface area (Å²) in [5, 5.41) is 10.4. The van der Waals surface area contributed by atoms with Gasteiger partial charge in [-0.05, 0) is 24.6 Å². The maximum absolute atomic E-state index is 12.8. The molecule has 0 aliphatic heterocycles. The number of non-ortho nitro benzene ring substituents is 1. The Bertz CT molecular complexity index is 732. The number of rotatable bonds is 8. The molecule has 5 nitrogen and oxygen atoms in total. The quantitative estimate of drug-likeness (QED) is 0.306. The van der Waals surface area contributed by atoms with Crippen LogP contribution in [0, 0.1) is 10.1 Å². The fraction of sp³-hybridized carbons (Fsp3) is 0.211. The molecular weight excluding hydrogens is 336 g/mol. The van der Waals surface area contributed by atoms with Crippen molar-refractivity contribution in [2.75, 3.05) is 6.54 Å². The highest BCUT2D eigenvalue weighted by molar-refractivity contribution is 8.00. The lowest BCUT2D eigenvalue weighted by Crippen LogP contribution is -2.36. The summed E-state index contributed by atoms with van der Waals surface area (Å²) in [7, 11) is 0. The fourth-order valence-corrected chi connectivity index (χ4v) is 3.30. The number of thioether (sulfide) groups is 1. The van der Waals surface area contributed by atoms with Crippen molar-refractivity contribution in [3.63, 3.8) is 0 Å². The van der Waals surface area contributed by atoms with Gasteiger partial charge in [0.15, 0.2) is 0 Å². The van der Waals surface area contributed by atoms with Gasteiger partial charge in [-0.25, -0.2) is 0 Å². The van der Waals surface area contributed by atoms with E-state index in [9.17, 15) is 14.9 Å². The first kappa shape index (κ1) is 18.7. The first-order valence-corrected chi connectivity index (χ1v) is 8.74. The number of carbonyl (C=O) groups is 1. The molecule has 1 amide bonds. The summed E-state index contributed by atoms with van der Waals surface area (Å²) in [5.74, 6) is 0.00658. The number of hydrogen-bond donors (Lipinski definition) is 0. The molecule has 0 aliphatic rings. The third-order valence-electron chi connectivity index (χ3n) is 3.59. The molecule has 2 aromatic rings. The zero-order valence-electron chi connectivity index (χ0n) is 14.0. The van der Waals surface area contributed by atoms with Crippen molar-refractivity contribution in [3.8, 4) is 0 Å². The van der Waals surface area contributed by atoms with Crippen molar-refractivity contribution in [1.29, 1.82) is 0 Å². The molecule has 25 heavy (non-hydrogen) atoms. The zero-order valence-corrected chi connectivity index (χ0v) is 14.8. The number of benzene rings is 2. The normalized spacial score (nSPS) is 11.6. The van der Waals surface area contributed by atoms with Gasteiger partial charge in [-0.15, -0.1) is 18.3 Å². The van der Waals surface area contributed by atoms with Crippen LogP contribution >= 0.6 is 11.8 Å². The lowest BCUT2D eigenvalue weighted by atomic mass is 10.2. The monoisotopic (exact) mass is 356 g/mol. The molecule has 0 heterocycles. The molecule has 1 unspecified atom stereocenters. The number of carbonyl (C=O) groups excluding carboxylic acids is 1. The molecule has 0 aliphatic carbocycles. The van der Waals surface area contributed by atoms with Gasteiger partial charge in [0.05, 0.1) is 10.2 Å². The maximum atomic E-state index is 12.8. The van der Waals surface area contributed by atoms with E-state index >= 15 is 0 Å². The Morgan fingerprint density at radius 1 is 1.24 bits per heavy atom. The van der Waals surface area contributed by atoms with E-state index in [1.54, 1.807) is 23.1 Å². The molecule has 130 valence electrons. The smallest absolute Gasteiger partial charge is 0.269 e. The Morgan fingerprint density at radius 3 is 2.44 bits per heavy atom. The van der Waals surface area contributed by atoms with Gasteiger partial charge in [0.2, 0.25) is 5.91 Å². The number of hydrogen-bond acceptors (Lipinski definition) is 4. The van der Waals surface area contributed by atoms with Crippen LogP contribution in [0.1, 0.15) is 12.5 Å². The Morgan fingerprint density at radius 2 is 1.88 bits per heavy atom. The van der Waals surface area contributed by atoms with Crippen molar-refractivity contribution < 1.29 is 9.72 Å². The lowest BCUT2D eigenvalue weighted by molar-refractivity contribution is -0.384. The Balaban J connectivity index is 2.04. The first-order valence-electron chi connectivity index (χ1n) is 7.86. The topological polar surface area (TPSA) is 63.5 Å². The summed E-state index contributed by atoms with van der Waals surface area (Å²) in [6, 6.07) is 16.0. The summed E-state index contributed by atoms with van der Waals surface area (Å²) in [4.78, 5) is 25.6. The largest absolute Gasteiger partial charge is 0.334 e. The van der Waals surface area contributed by atoms with Crippen LogP contribution < -0.4 is 0 Å². The standard InChI is InChI=1S/C19H20N2O3S/c1-3-13-20(14-16-7-5-4-6-8-16)19(22)15(2)25-18-11-9-17(10-12-18)21(23)24/h3-12,15H,1,13-14H2,2H3. The average Bonchev–Trinajstić information content (AvgIpc) is 2.62. The Labute approximate surface area is 151 Å². The van der Waals surface area contributed by atoms with E-state index < -0.39 is 4.92 Å². The van der Waals surface area contributed by atoms with Crippen LogP contribution in [-0.2, 0) is 11.3 Å². The molecule has 2 aromatic carbocycles. The van der Waals surface area contributed by atoms with E-state index in [-0.39, 0.29) is 16.8 Å². The van der Waals surface area contributed by atoms with Crippen LogP contribution in [0.5, 0.6) is 0 Å². The molecule has 0 saturated carbocycles. The van der Waals surface area contributed by atoms with Crippen molar-refractivity contribution in [1.82, 2.24) is 4.90 Å². The first-order chi connectivity index (χ1) is 12.0. The second kappa shape index (κ2) is 9.03. The van der Waals surface area contributed by atoms with Crippen molar-refractivity contribution >= 4 is 23.4 Å². The average molecular weight is 356 g/mol. The van der Waals surface area contributed by atoms with E-state index in [0.29, 0.717) is 13.1 Å². The number of nitro groups is 1. The molecule has 1 atom stereocenters. The minimum atomic E-state index is -0.436. The number of nitro benzene ring substituents is 1. The molecule has 0 bridgehead atoms. The summed E-state index contributed by atoms with van der Waals surface area (Å²) in [5.41, 5.74) is 1.10. The van der Waals surface area contributed by atoms with Gasteiger partial charge < -0.3 is 4.90 Å². The van der Waals surface area contributed by atoms with Gasteiger partial charge in [-0.1, -0.05) is 36.4 Å². The maximum Gasteiger partial charge on any atom is 0.269 e. The second-order valence-electron chi connectivity index (χ2n) is 5.50. The van der Waals surface area contributed by atoms with Crippen LogP contribution in [0.3, 0.4) is 0 Å². The van der Waals surface area contributed by atoms with Gasteiger partial charge in [-0.3, -0.25) is 14.9 Å². The number of nitrogens with zero attached hydrogens (tertiary/aromatic N) is 2. The molecule has 0 saturated heterocycles. The third-order valence-corrected chi connectivity index (χ3v) is 4.69. The highest BCUT2D eigenvalue weighted by atomic mass is 32.2. The van der Waals surface area contributed by atoms with Crippen LogP contribution in [-0.4, -0.2) is 27.5 Å². The Kier molecular flexibility index (Phi) is 6.77. The van der Waals surface area contributed by atoms with Crippen LogP contribution in [0.25, 0.3) is 0 Å². The minimum Gasteiger partial charge on any atom is -0.334 e. The van der Waals surface area contributed by atoms with Gasteiger partial charge in [0.25, 0.3) is 5.69 Å². The molecule has 2 rings (SSSR count). The van der Waals surface area contributed by atoms with E-state index in [1.807, 2.05) is 37.3 Å². The summed E-state index contributed by atoms with van der Waals surface area (Å²) >= 11 is 1.39. The molecule has 6 heteroatoms. The van der Waals surface area contributed by atoms with Crippen LogP contribution in [0.4, 0.5) is 5.69 Å². The fourth-order valence-electron chi connectivity index (χ4n) is 2.35. The highest BCUT2D eigenvalue weighted by Crippen LogP contribution is 2.26. The minimum absolute atomic E-state index is 0.00658. The zero-order chi connectivity index (χ0) is 18.2. The van der Waals surface area contributed by atoms with Crippen molar-refractivity contribution in [2.24, 2.45) is 0 Å². The number of amides is 1. The molecule has 0 spiro atoms. The predicted octanol–water partition coefficient (Wildman–Crippen LogP) is 4.29. The molecular formula is C19H20N2O3S. The molecule has 0 N–H and O–H groups in total. The van der Waals surface area contributed by atoms with E-state index in [2.05, 4.69) is 6.58 Å². The van der Waals surface area contributed by atoms with E-state index in [1.165, 1.54) is 23.9 Å². The predicted molar refractivity (Wildman–Crippen MR) is 100 cm³/mol. The molecule has 0 aromatic heterocycles. The summed E-state index contributed by atoms with van der Waals surface area (Å²) < 4.78 is 0. The summed E-state index contributed by atoms with van der Waals surface area (Å²) in [6.45, 7) is 6.57. The van der Waals surface area contributed by atoms with Gasteiger partial charge in [-0.2, -0.15) is 0 Å².